The summed E-state index contributed by atoms with van der Waals surface area (Å²) in [5.74, 6) is 1.07. The third-order valence-electron chi connectivity index (χ3n) is 6.20. The van der Waals surface area contributed by atoms with E-state index in [-0.39, 0.29) is 24.3 Å². The van der Waals surface area contributed by atoms with E-state index >= 15 is 0 Å². The topological polar surface area (TPSA) is 115 Å². The zero-order valence-corrected chi connectivity index (χ0v) is 20.0. The van der Waals surface area contributed by atoms with Crippen LogP contribution in [0.2, 0.25) is 5.02 Å². The Morgan fingerprint density at radius 2 is 1.94 bits per heavy atom. The van der Waals surface area contributed by atoms with Gasteiger partial charge in [0.05, 0.1) is 25.3 Å². The number of aliphatic hydroxyl groups excluding tert-OH is 1. The summed E-state index contributed by atoms with van der Waals surface area (Å²) >= 11 is 6.12. The van der Waals surface area contributed by atoms with Crippen molar-refractivity contribution < 1.29 is 19.2 Å². The van der Waals surface area contributed by atoms with Gasteiger partial charge in [-0.05, 0) is 43.2 Å². The van der Waals surface area contributed by atoms with Crippen LogP contribution in [-0.2, 0) is 4.79 Å². The molecule has 4 rings (SSSR count). The molecular formula is C25H29ClN5O3+. The van der Waals surface area contributed by atoms with Gasteiger partial charge >= 0.3 is 0 Å². The number of ether oxygens (including phenoxy) is 1. The van der Waals surface area contributed by atoms with Gasteiger partial charge in [-0.15, -0.1) is 0 Å². The van der Waals surface area contributed by atoms with Crippen LogP contribution >= 0.6 is 11.6 Å². The fourth-order valence-electron chi connectivity index (χ4n) is 4.36. The van der Waals surface area contributed by atoms with E-state index in [1.807, 2.05) is 30.3 Å². The Balaban J connectivity index is 1.82. The Bertz CT molecular complexity index is 1160. The standard InChI is InChI=1S/C25H28ClN5O3/c1-15(27)31-22-8-7-19(34-2)13-20(22)24(16-3-5-17(26)6-4-16)29-21(25(31)28)14-23(33)30-11-9-18(32)10-12-30/h3-8,13,18,21,27-28,32H,9-12,14H2,1-2H3/p+1/t21-/m0/s1. The van der Waals surface area contributed by atoms with Gasteiger partial charge in [0, 0.05) is 36.2 Å². The van der Waals surface area contributed by atoms with Crippen molar-refractivity contribution in [2.45, 2.75) is 38.3 Å². The summed E-state index contributed by atoms with van der Waals surface area (Å²) < 4.78 is 7.10. The van der Waals surface area contributed by atoms with Crippen LogP contribution in [0.15, 0.2) is 47.5 Å². The number of nitrogens with two attached hydrogens (primary N) is 1. The molecule has 1 amide bonds. The summed E-state index contributed by atoms with van der Waals surface area (Å²) in [6, 6.07) is 12.1. The van der Waals surface area contributed by atoms with Crippen LogP contribution in [0.1, 0.15) is 37.3 Å². The Morgan fingerprint density at radius 3 is 2.56 bits per heavy atom. The number of benzodiazepines with no additional fused rings is 1. The number of carbonyl (C=O) groups is 1. The Kier molecular flexibility index (Phi) is 7.00. The number of nitrogens with zero attached hydrogens (tertiary/aromatic N) is 3. The molecule has 4 N–H and O–H groups in total. The number of piperidine rings is 1. The number of fused-ring (bicyclic) bond motifs is 1. The van der Waals surface area contributed by atoms with Crippen molar-refractivity contribution in [3.8, 4) is 5.75 Å². The highest BCUT2D eigenvalue weighted by Gasteiger charge is 2.35. The number of nitrogens with one attached hydrogen (secondary N) is 1. The average molecular weight is 483 g/mol. The van der Waals surface area contributed by atoms with E-state index in [0.717, 1.165) is 11.1 Å². The molecular weight excluding hydrogens is 454 g/mol. The van der Waals surface area contributed by atoms with Crippen molar-refractivity contribution in [3.05, 3.63) is 58.6 Å². The number of rotatable bonds is 4. The molecule has 2 aliphatic heterocycles. The predicted octanol–water partition coefficient (Wildman–Crippen LogP) is 2.94. The highest BCUT2D eigenvalue weighted by molar-refractivity contribution is 6.30. The number of hydrogen-bond acceptors (Lipinski definition) is 5. The van der Waals surface area contributed by atoms with Gasteiger partial charge in [-0.2, -0.15) is 5.41 Å². The summed E-state index contributed by atoms with van der Waals surface area (Å²) in [5, 5.41) is 19.4. The van der Waals surface area contributed by atoms with E-state index in [1.54, 1.807) is 35.6 Å². The number of aliphatic hydroxyl groups is 1. The molecule has 9 heteroatoms. The first-order chi connectivity index (χ1) is 16.3. The average Bonchev–Trinajstić information content (AvgIpc) is 2.94. The first kappa shape index (κ1) is 23.9. The predicted molar refractivity (Wildman–Crippen MR) is 133 cm³/mol. The van der Waals surface area contributed by atoms with Crippen LogP contribution < -0.4 is 10.5 Å². The fraction of sp³-hybridized carbons (Fsp3) is 0.360. The Labute approximate surface area is 203 Å². The number of amidine groups is 2. The van der Waals surface area contributed by atoms with Gasteiger partial charge < -0.3 is 20.5 Å². The molecule has 0 aliphatic carbocycles. The van der Waals surface area contributed by atoms with Gasteiger partial charge in [0.1, 0.15) is 17.5 Å². The second-order valence-electron chi connectivity index (χ2n) is 8.56. The third-order valence-corrected chi connectivity index (χ3v) is 6.45. The smallest absolute Gasteiger partial charge is 0.260 e. The SMILES string of the molecule is COc1ccc2c(c1)C(c1ccc(Cl)cc1)=N[C@@H](CC(=O)N1CCC(O)CC1)C(=N)[N+]2=C(C)N. The van der Waals surface area contributed by atoms with E-state index in [2.05, 4.69) is 0 Å². The van der Waals surface area contributed by atoms with Gasteiger partial charge in [0.25, 0.3) is 5.84 Å². The zero-order chi connectivity index (χ0) is 24.4. The van der Waals surface area contributed by atoms with Crippen LogP contribution in [0.25, 0.3) is 0 Å². The van der Waals surface area contributed by atoms with Crippen molar-refractivity contribution in [2.75, 3.05) is 20.2 Å². The van der Waals surface area contributed by atoms with Crippen molar-refractivity contribution in [1.82, 2.24) is 4.90 Å². The molecule has 0 radical (unpaired) electrons. The van der Waals surface area contributed by atoms with Crippen molar-refractivity contribution in [3.63, 3.8) is 0 Å². The lowest BCUT2D eigenvalue weighted by Crippen LogP contribution is -2.43. The number of likely N-dealkylation sites (tertiary alicyclic amines) is 1. The van der Waals surface area contributed by atoms with E-state index in [4.69, 9.17) is 32.5 Å². The van der Waals surface area contributed by atoms with Gasteiger partial charge in [0.15, 0.2) is 5.84 Å². The van der Waals surface area contributed by atoms with Crippen LogP contribution in [0.5, 0.6) is 5.75 Å². The largest absolute Gasteiger partial charge is 0.497 e. The summed E-state index contributed by atoms with van der Waals surface area (Å²) in [6.07, 6.45) is 0.769. The van der Waals surface area contributed by atoms with E-state index in [9.17, 15) is 9.90 Å². The lowest BCUT2D eigenvalue weighted by molar-refractivity contribution is -0.314. The van der Waals surface area contributed by atoms with E-state index in [1.165, 1.54) is 0 Å². The third kappa shape index (κ3) is 4.83. The number of benzene rings is 2. The van der Waals surface area contributed by atoms with Gasteiger partial charge in [0.2, 0.25) is 5.91 Å². The van der Waals surface area contributed by atoms with Crippen LogP contribution in [0, 0.1) is 5.41 Å². The second-order valence-corrected chi connectivity index (χ2v) is 9.00. The molecule has 34 heavy (non-hydrogen) atoms. The molecule has 2 aromatic rings. The maximum atomic E-state index is 13.2. The number of hydrogen-bond donors (Lipinski definition) is 3. The Morgan fingerprint density at radius 1 is 1.26 bits per heavy atom. The first-order valence-corrected chi connectivity index (χ1v) is 11.6. The number of halogens is 1. The fourth-order valence-corrected chi connectivity index (χ4v) is 4.49. The minimum absolute atomic E-state index is 0.0287. The monoisotopic (exact) mass is 482 g/mol. The summed E-state index contributed by atoms with van der Waals surface area (Å²) in [5.41, 5.74) is 9.12. The molecule has 2 aliphatic rings. The molecule has 0 saturated carbocycles. The minimum Gasteiger partial charge on any atom is -0.497 e. The lowest BCUT2D eigenvalue weighted by atomic mass is 10.00. The van der Waals surface area contributed by atoms with Gasteiger partial charge in [-0.25, -0.2) is 4.58 Å². The molecule has 2 aromatic carbocycles. The van der Waals surface area contributed by atoms with Crippen LogP contribution in [0.4, 0.5) is 5.69 Å². The number of aliphatic imine (C=N–C) groups is 1. The number of carbonyl (C=O) groups excluding carboxylic acids is 1. The molecule has 0 bridgehead atoms. The lowest BCUT2D eigenvalue weighted by Gasteiger charge is -2.30. The summed E-state index contributed by atoms with van der Waals surface area (Å²) in [7, 11) is 1.59. The Hall–Kier alpha value is -3.23. The maximum absolute atomic E-state index is 13.2. The first-order valence-electron chi connectivity index (χ1n) is 11.2. The minimum atomic E-state index is -0.748. The molecule has 2 heterocycles. The molecule has 0 spiro atoms. The highest BCUT2D eigenvalue weighted by Crippen LogP contribution is 2.32. The number of methoxy groups -OCH3 is 1. The van der Waals surface area contributed by atoms with Crippen LogP contribution in [-0.4, -0.2) is 70.2 Å². The van der Waals surface area contributed by atoms with Gasteiger partial charge in [-0.3, -0.25) is 9.79 Å². The quantitative estimate of drug-likeness (QED) is 0.459. The van der Waals surface area contributed by atoms with Crippen molar-refractivity contribution in [1.29, 1.82) is 5.41 Å². The molecule has 1 saturated heterocycles. The molecule has 1 atom stereocenters. The molecule has 178 valence electrons. The maximum Gasteiger partial charge on any atom is 0.260 e. The van der Waals surface area contributed by atoms with Crippen molar-refractivity contribution in [2.24, 2.45) is 10.7 Å². The normalized spacial score (nSPS) is 20.4. The van der Waals surface area contributed by atoms with E-state index < -0.39 is 6.04 Å². The van der Waals surface area contributed by atoms with E-state index in [0.29, 0.717) is 53.9 Å². The van der Waals surface area contributed by atoms with Gasteiger partial charge in [-0.1, -0.05) is 23.7 Å². The zero-order valence-electron chi connectivity index (χ0n) is 19.3. The summed E-state index contributed by atoms with van der Waals surface area (Å²) in [4.78, 5) is 19.8. The summed E-state index contributed by atoms with van der Waals surface area (Å²) in [6.45, 7) is 2.72. The molecule has 0 aromatic heterocycles. The molecule has 1 fully saturated rings. The van der Waals surface area contributed by atoms with Crippen molar-refractivity contribution >= 4 is 40.6 Å². The highest BCUT2D eigenvalue weighted by atomic mass is 35.5. The molecule has 0 unspecified atom stereocenters. The number of amides is 1. The second kappa shape index (κ2) is 9.95. The molecule has 8 nitrogen and oxygen atoms in total. The van der Waals surface area contributed by atoms with Crippen LogP contribution in [0.3, 0.4) is 0 Å².